The molecule has 0 N–H and O–H groups in total. The average molecular weight is 196 g/mol. The molecule has 0 fully saturated rings. The van der Waals surface area contributed by atoms with Crippen molar-refractivity contribution in [3.63, 3.8) is 0 Å². The third kappa shape index (κ3) is 3.06. The second-order valence-corrected chi connectivity index (χ2v) is 2.93. The number of ether oxygens (including phenoxy) is 1. The van der Waals surface area contributed by atoms with E-state index in [2.05, 4.69) is 10.9 Å². The van der Waals surface area contributed by atoms with Crippen molar-refractivity contribution in [2.24, 2.45) is 0 Å². The molecule has 2 nitrogen and oxygen atoms in total. The summed E-state index contributed by atoms with van der Waals surface area (Å²) >= 11 is 5.81. The Hall–Kier alpha value is -1.04. The first-order valence-electron chi connectivity index (χ1n) is 3.91. The molecule has 0 aromatic carbocycles. The molecule has 0 aliphatic heterocycles. The number of terminal acetylenes is 1. The fourth-order valence-corrected chi connectivity index (χ4v) is 0.964. The van der Waals surface area contributed by atoms with Crippen LogP contribution in [-0.4, -0.2) is 11.1 Å². The lowest BCUT2D eigenvalue weighted by Gasteiger charge is -2.07. The second kappa shape index (κ2) is 4.86. The first-order chi connectivity index (χ1) is 6.24. The molecule has 1 atom stereocenters. The molecule has 13 heavy (non-hydrogen) atoms. The van der Waals surface area contributed by atoms with E-state index in [1.807, 2.05) is 19.1 Å². The van der Waals surface area contributed by atoms with Gasteiger partial charge in [-0.3, -0.25) is 0 Å². The highest BCUT2D eigenvalue weighted by Gasteiger charge is 2.02. The van der Waals surface area contributed by atoms with Crippen LogP contribution >= 0.6 is 11.6 Å². The van der Waals surface area contributed by atoms with Gasteiger partial charge in [-0.05, 0) is 13.0 Å². The van der Waals surface area contributed by atoms with Gasteiger partial charge in [0.15, 0.2) is 0 Å². The zero-order valence-electron chi connectivity index (χ0n) is 7.33. The van der Waals surface area contributed by atoms with E-state index in [0.29, 0.717) is 11.8 Å². The summed E-state index contributed by atoms with van der Waals surface area (Å²) in [4.78, 5) is 3.92. The number of hydrogen-bond donors (Lipinski definition) is 0. The third-order valence-corrected chi connectivity index (χ3v) is 1.90. The lowest BCUT2D eigenvalue weighted by atomic mass is 10.3. The topological polar surface area (TPSA) is 22.1 Å². The van der Waals surface area contributed by atoms with Crippen molar-refractivity contribution in [3.05, 3.63) is 29.0 Å². The van der Waals surface area contributed by atoms with E-state index in [1.165, 1.54) is 0 Å². The Kier molecular flexibility index (Phi) is 3.75. The van der Waals surface area contributed by atoms with Crippen LogP contribution < -0.4 is 0 Å². The lowest BCUT2D eigenvalue weighted by molar-refractivity contribution is 0.0900. The van der Waals surface area contributed by atoms with Gasteiger partial charge in [-0.1, -0.05) is 23.6 Å². The van der Waals surface area contributed by atoms with Crippen LogP contribution in [0.1, 0.15) is 12.5 Å². The maximum absolute atomic E-state index is 5.81. The summed E-state index contributed by atoms with van der Waals surface area (Å²) in [6, 6.07) is 3.67. The van der Waals surface area contributed by atoms with Gasteiger partial charge in [0, 0.05) is 11.8 Å². The Bertz CT molecular complexity index is 319. The van der Waals surface area contributed by atoms with Crippen LogP contribution in [0.3, 0.4) is 0 Å². The normalized spacial score (nSPS) is 12.1. The van der Waals surface area contributed by atoms with Gasteiger partial charge in [0.1, 0.15) is 11.3 Å². The molecule has 0 radical (unpaired) electrons. The highest BCUT2D eigenvalue weighted by molar-refractivity contribution is 6.30. The SMILES string of the molecule is C#CC(C)OCc1cccnc1Cl. The number of halogens is 1. The van der Waals surface area contributed by atoms with Gasteiger partial charge in [-0.15, -0.1) is 6.42 Å². The Morgan fingerprint density at radius 3 is 3.15 bits per heavy atom. The molecule has 1 rings (SSSR count). The summed E-state index contributed by atoms with van der Waals surface area (Å²) in [6.45, 7) is 2.21. The Morgan fingerprint density at radius 2 is 2.54 bits per heavy atom. The van der Waals surface area contributed by atoms with Gasteiger partial charge in [-0.2, -0.15) is 0 Å². The van der Waals surface area contributed by atoms with Crippen LogP contribution in [0, 0.1) is 12.3 Å². The highest BCUT2D eigenvalue weighted by atomic mass is 35.5. The number of hydrogen-bond acceptors (Lipinski definition) is 2. The van der Waals surface area contributed by atoms with Crippen molar-refractivity contribution < 1.29 is 4.74 Å². The molecule has 0 saturated heterocycles. The van der Waals surface area contributed by atoms with E-state index in [4.69, 9.17) is 22.8 Å². The predicted molar refractivity (Wildman–Crippen MR) is 52.3 cm³/mol. The maximum Gasteiger partial charge on any atom is 0.134 e. The van der Waals surface area contributed by atoms with E-state index >= 15 is 0 Å². The summed E-state index contributed by atoms with van der Waals surface area (Å²) < 4.78 is 5.30. The summed E-state index contributed by atoms with van der Waals surface area (Å²) in [5.41, 5.74) is 0.853. The van der Waals surface area contributed by atoms with Crippen LogP contribution in [0.25, 0.3) is 0 Å². The van der Waals surface area contributed by atoms with Crippen LogP contribution in [0.5, 0.6) is 0 Å². The van der Waals surface area contributed by atoms with Gasteiger partial charge < -0.3 is 4.74 Å². The van der Waals surface area contributed by atoms with Crippen molar-refractivity contribution in [3.8, 4) is 12.3 Å². The van der Waals surface area contributed by atoms with Crippen LogP contribution in [0.2, 0.25) is 5.15 Å². The van der Waals surface area contributed by atoms with Crippen molar-refractivity contribution >= 4 is 11.6 Å². The molecule has 0 amide bonds. The highest BCUT2D eigenvalue weighted by Crippen LogP contribution is 2.12. The summed E-state index contributed by atoms with van der Waals surface area (Å²) in [7, 11) is 0. The smallest absolute Gasteiger partial charge is 0.134 e. The molecule has 1 unspecified atom stereocenters. The fourth-order valence-electron chi connectivity index (χ4n) is 0.790. The van der Waals surface area contributed by atoms with Crippen LogP contribution in [0.4, 0.5) is 0 Å². The van der Waals surface area contributed by atoms with Crippen molar-refractivity contribution in [1.82, 2.24) is 4.98 Å². The molecule has 1 aromatic heterocycles. The van der Waals surface area contributed by atoms with E-state index < -0.39 is 0 Å². The Balaban J connectivity index is 2.56. The average Bonchev–Trinajstić information content (AvgIpc) is 2.16. The van der Waals surface area contributed by atoms with Crippen LogP contribution in [-0.2, 0) is 11.3 Å². The monoisotopic (exact) mass is 195 g/mol. The molecular weight excluding hydrogens is 186 g/mol. The molecule has 1 heterocycles. The number of nitrogens with zero attached hydrogens (tertiary/aromatic N) is 1. The van der Waals surface area contributed by atoms with Gasteiger partial charge in [0.25, 0.3) is 0 Å². The van der Waals surface area contributed by atoms with E-state index in [-0.39, 0.29) is 6.10 Å². The lowest BCUT2D eigenvalue weighted by Crippen LogP contribution is -2.05. The standard InChI is InChI=1S/C10H10ClNO/c1-3-8(2)13-7-9-5-4-6-12-10(9)11/h1,4-6,8H,7H2,2H3. The zero-order chi connectivity index (χ0) is 9.68. The first-order valence-corrected chi connectivity index (χ1v) is 4.29. The molecular formula is C10H10ClNO. The molecule has 68 valence electrons. The van der Waals surface area contributed by atoms with Gasteiger partial charge >= 0.3 is 0 Å². The van der Waals surface area contributed by atoms with Gasteiger partial charge in [0.2, 0.25) is 0 Å². The quantitative estimate of drug-likeness (QED) is 0.545. The molecule has 0 aliphatic rings. The van der Waals surface area contributed by atoms with Crippen molar-refractivity contribution in [1.29, 1.82) is 0 Å². The second-order valence-electron chi connectivity index (χ2n) is 2.57. The maximum atomic E-state index is 5.81. The minimum Gasteiger partial charge on any atom is -0.361 e. The largest absolute Gasteiger partial charge is 0.361 e. The van der Waals surface area contributed by atoms with E-state index in [9.17, 15) is 0 Å². The van der Waals surface area contributed by atoms with Gasteiger partial charge in [0.05, 0.1) is 6.61 Å². The third-order valence-electron chi connectivity index (χ3n) is 1.56. The molecule has 0 spiro atoms. The van der Waals surface area contributed by atoms with Crippen molar-refractivity contribution in [2.75, 3.05) is 0 Å². The molecule has 0 saturated carbocycles. The van der Waals surface area contributed by atoms with Crippen LogP contribution in [0.15, 0.2) is 18.3 Å². The summed E-state index contributed by atoms with van der Waals surface area (Å²) in [6.07, 6.45) is 6.59. The molecule has 0 aliphatic carbocycles. The molecule has 0 bridgehead atoms. The van der Waals surface area contributed by atoms with Crippen molar-refractivity contribution in [2.45, 2.75) is 19.6 Å². The van der Waals surface area contributed by atoms with E-state index in [0.717, 1.165) is 5.56 Å². The molecule has 3 heteroatoms. The van der Waals surface area contributed by atoms with Gasteiger partial charge in [-0.25, -0.2) is 4.98 Å². The van der Waals surface area contributed by atoms with E-state index in [1.54, 1.807) is 6.20 Å². The minimum absolute atomic E-state index is 0.198. The number of pyridine rings is 1. The Labute approximate surface area is 82.9 Å². The molecule has 1 aromatic rings. The number of aromatic nitrogens is 1. The summed E-state index contributed by atoms with van der Waals surface area (Å²) in [5.74, 6) is 2.47. The first kappa shape index (κ1) is 10.0. The minimum atomic E-state index is -0.198. The predicted octanol–water partition coefficient (Wildman–Crippen LogP) is 2.27. The fraction of sp³-hybridized carbons (Fsp3) is 0.300. The Morgan fingerprint density at radius 1 is 1.77 bits per heavy atom. The summed E-state index contributed by atoms with van der Waals surface area (Å²) in [5, 5.41) is 0.465. The number of rotatable bonds is 3. The zero-order valence-corrected chi connectivity index (χ0v) is 8.08.